The van der Waals surface area contributed by atoms with Gasteiger partial charge in [-0.25, -0.2) is 9.59 Å². The van der Waals surface area contributed by atoms with Gasteiger partial charge in [0.15, 0.2) is 12.2 Å². The Balaban J connectivity index is 2.77. The lowest BCUT2D eigenvalue weighted by Gasteiger charge is -1.95. The Morgan fingerprint density at radius 2 is 1.44 bits per heavy atom. The van der Waals surface area contributed by atoms with Crippen LogP contribution in [-0.2, 0) is 14.3 Å². The third kappa shape index (κ3) is 0.797. The molecule has 0 unspecified atom stereocenters. The van der Waals surface area contributed by atoms with Gasteiger partial charge < -0.3 is 14.9 Å². The summed E-state index contributed by atoms with van der Waals surface area (Å²) in [4.78, 5) is 20.3. The fourth-order valence-corrected chi connectivity index (χ4v) is 0.478. The summed E-state index contributed by atoms with van der Waals surface area (Å²) in [6.07, 6.45) is -3.39. The van der Waals surface area contributed by atoms with Gasteiger partial charge in [-0.05, 0) is 0 Å². The molecule has 1 aliphatic rings. The Morgan fingerprint density at radius 3 is 1.56 bits per heavy atom. The quantitative estimate of drug-likeness (QED) is 0.288. The number of esters is 2. The molecule has 9 heavy (non-hydrogen) atoms. The van der Waals surface area contributed by atoms with Crippen molar-refractivity contribution in [3.8, 4) is 0 Å². The summed E-state index contributed by atoms with van der Waals surface area (Å²) >= 11 is 0. The van der Waals surface area contributed by atoms with Gasteiger partial charge in [-0.1, -0.05) is 0 Å². The molecular weight excluding hydrogens is 128 g/mol. The van der Waals surface area contributed by atoms with Crippen LogP contribution < -0.4 is 0 Å². The molecular formula is C4H4O5. The first-order valence-corrected chi connectivity index (χ1v) is 2.24. The second kappa shape index (κ2) is 1.78. The smallest absolute Gasteiger partial charge is 0.346 e. The third-order valence-corrected chi connectivity index (χ3v) is 0.983. The van der Waals surface area contributed by atoms with E-state index >= 15 is 0 Å². The van der Waals surface area contributed by atoms with Gasteiger partial charge in [-0.2, -0.15) is 0 Å². The molecule has 5 nitrogen and oxygen atoms in total. The largest absolute Gasteiger partial charge is 0.389 e. The molecule has 1 rings (SSSR count). The van der Waals surface area contributed by atoms with E-state index in [-0.39, 0.29) is 0 Å². The Kier molecular flexibility index (Phi) is 1.22. The van der Waals surface area contributed by atoms with Gasteiger partial charge in [0.2, 0.25) is 0 Å². The topological polar surface area (TPSA) is 83.8 Å². The van der Waals surface area contributed by atoms with Gasteiger partial charge in [-0.15, -0.1) is 0 Å². The highest BCUT2D eigenvalue weighted by molar-refractivity contribution is 5.99. The normalized spacial score (nSPS) is 34.9. The molecule has 1 aliphatic heterocycles. The number of aliphatic hydroxyl groups excluding tert-OH is 2. The molecule has 0 aromatic heterocycles. The molecule has 2 atom stereocenters. The first kappa shape index (κ1) is 6.18. The number of carbonyl (C=O) groups excluding carboxylic acids is 2. The van der Waals surface area contributed by atoms with Crippen LogP contribution in [0.15, 0.2) is 0 Å². The van der Waals surface area contributed by atoms with Crippen molar-refractivity contribution >= 4 is 11.9 Å². The monoisotopic (exact) mass is 132 g/mol. The Labute approximate surface area is 49.9 Å². The Bertz CT molecular complexity index is 144. The van der Waals surface area contributed by atoms with Crippen LogP contribution in [0, 0.1) is 0 Å². The molecule has 0 saturated carbocycles. The second-order valence-corrected chi connectivity index (χ2v) is 1.63. The first-order chi connectivity index (χ1) is 4.13. The summed E-state index contributed by atoms with van der Waals surface area (Å²) in [5, 5.41) is 17.0. The van der Waals surface area contributed by atoms with Crippen LogP contribution in [0.2, 0.25) is 0 Å². The highest BCUT2D eigenvalue weighted by Crippen LogP contribution is 2.07. The average molecular weight is 132 g/mol. The molecule has 0 radical (unpaired) electrons. The van der Waals surface area contributed by atoms with Crippen LogP contribution in [0.5, 0.6) is 0 Å². The number of carbonyl (C=O) groups is 2. The highest BCUT2D eigenvalue weighted by atomic mass is 16.6. The number of cyclic esters (lactones) is 2. The van der Waals surface area contributed by atoms with Crippen molar-refractivity contribution in [2.24, 2.45) is 0 Å². The summed E-state index contributed by atoms with van der Waals surface area (Å²) in [6.45, 7) is 0. The number of aliphatic hydroxyl groups is 2. The zero-order valence-electron chi connectivity index (χ0n) is 4.27. The fraction of sp³-hybridized carbons (Fsp3) is 0.500. The van der Waals surface area contributed by atoms with Crippen LogP contribution in [0.4, 0.5) is 0 Å². The maximum atomic E-state index is 10.1. The molecule has 0 amide bonds. The lowest BCUT2D eigenvalue weighted by Crippen LogP contribution is -2.27. The van der Waals surface area contributed by atoms with E-state index in [4.69, 9.17) is 10.2 Å². The van der Waals surface area contributed by atoms with Crippen LogP contribution in [0.3, 0.4) is 0 Å². The average Bonchev–Trinajstić information content (AvgIpc) is 1.98. The molecule has 0 aromatic rings. The summed E-state index contributed by atoms with van der Waals surface area (Å²) in [6, 6.07) is 0. The second-order valence-electron chi connectivity index (χ2n) is 1.63. The number of hydrogen-bond acceptors (Lipinski definition) is 5. The van der Waals surface area contributed by atoms with Crippen LogP contribution in [0.1, 0.15) is 0 Å². The lowest BCUT2D eigenvalue weighted by atomic mass is 10.2. The molecule has 50 valence electrons. The maximum absolute atomic E-state index is 10.1. The third-order valence-electron chi connectivity index (χ3n) is 0.983. The maximum Gasteiger partial charge on any atom is 0.346 e. The van der Waals surface area contributed by atoms with Crippen molar-refractivity contribution in [2.45, 2.75) is 12.2 Å². The fourth-order valence-electron chi connectivity index (χ4n) is 0.478. The summed E-state index contributed by atoms with van der Waals surface area (Å²) in [5.74, 6) is -2.18. The van der Waals surface area contributed by atoms with E-state index in [9.17, 15) is 9.59 Å². The van der Waals surface area contributed by atoms with Gasteiger partial charge in [0.25, 0.3) is 0 Å². The van der Waals surface area contributed by atoms with E-state index in [0.717, 1.165) is 0 Å². The van der Waals surface area contributed by atoms with E-state index in [2.05, 4.69) is 4.74 Å². The molecule has 1 heterocycles. The number of rotatable bonds is 0. The van der Waals surface area contributed by atoms with E-state index < -0.39 is 24.1 Å². The standard InChI is InChI=1S/C4H4O5/c5-1-2(6)4(8)9-3(1)7/h1-2,5-6H/t1-,2-/m1/s1. The Morgan fingerprint density at radius 1 is 1.11 bits per heavy atom. The van der Waals surface area contributed by atoms with Crippen molar-refractivity contribution in [3.63, 3.8) is 0 Å². The number of ether oxygens (including phenoxy) is 1. The molecule has 1 saturated heterocycles. The van der Waals surface area contributed by atoms with Crippen molar-refractivity contribution in [3.05, 3.63) is 0 Å². The predicted octanol–water partition coefficient (Wildman–Crippen LogP) is -2.21. The van der Waals surface area contributed by atoms with Gasteiger partial charge in [0, 0.05) is 0 Å². The highest BCUT2D eigenvalue weighted by Gasteiger charge is 2.41. The van der Waals surface area contributed by atoms with E-state index in [1.54, 1.807) is 0 Å². The van der Waals surface area contributed by atoms with Crippen molar-refractivity contribution in [1.29, 1.82) is 0 Å². The van der Waals surface area contributed by atoms with Crippen LogP contribution in [-0.4, -0.2) is 34.4 Å². The van der Waals surface area contributed by atoms with Crippen LogP contribution >= 0.6 is 0 Å². The van der Waals surface area contributed by atoms with Gasteiger partial charge >= 0.3 is 11.9 Å². The molecule has 0 aliphatic carbocycles. The number of hydrogen-bond donors (Lipinski definition) is 2. The minimum Gasteiger partial charge on any atom is -0.389 e. The molecule has 5 heteroatoms. The minimum atomic E-state index is -1.70. The summed E-state index contributed by atoms with van der Waals surface area (Å²) in [7, 11) is 0. The predicted molar refractivity (Wildman–Crippen MR) is 23.1 cm³/mol. The first-order valence-electron chi connectivity index (χ1n) is 2.24. The van der Waals surface area contributed by atoms with Gasteiger partial charge in [0.1, 0.15) is 0 Å². The molecule has 2 N–H and O–H groups in total. The van der Waals surface area contributed by atoms with E-state index in [1.165, 1.54) is 0 Å². The Hall–Kier alpha value is -0.940. The van der Waals surface area contributed by atoms with E-state index in [1.807, 2.05) is 0 Å². The van der Waals surface area contributed by atoms with Crippen molar-refractivity contribution < 1.29 is 24.5 Å². The summed E-state index contributed by atoms with van der Waals surface area (Å²) in [5.41, 5.74) is 0. The van der Waals surface area contributed by atoms with Crippen molar-refractivity contribution in [2.75, 3.05) is 0 Å². The van der Waals surface area contributed by atoms with Gasteiger partial charge in [-0.3, -0.25) is 0 Å². The molecule has 0 aromatic carbocycles. The zero-order chi connectivity index (χ0) is 7.02. The van der Waals surface area contributed by atoms with Crippen LogP contribution in [0.25, 0.3) is 0 Å². The van der Waals surface area contributed by atoms with Gasteiger partial charge in [0.05, 0.1) is 0 Å². The zero-order valence-corrected chi connectivity index (χ0v) is 4.27. The molecule has 1 fully saturated rings. The lowest BCUT2D eigenvalue weighted by molar-refractivity contribution is -0.155. The van der Waals surface area contributed by atoms with E-state index in [0.29, 0.717) is 0 Å². The minimum absolute atomic E-state index is 1.09. The SMILES string of the molecule is O=C1OC(=O)[C@H](O)[C@H]1O. The molecule has 0 spiro atoms. The molecule has 0 bridgehead atoms. The summed E-state index contributed by atoms with van der Waals surface area (Å²) < 4.78 is 3.81. The van der Waals surface area contributed by atoms with Crippen molar-refractivity contribution in [1.82, 2.24) is 0 Å².